The van der Waals surface area contributed by atoms with Crippen LogP contribution in [-0.4, -0.2) is 9.78 Å². The van der Waals surface area contributed by atoms with E-state index in [9.17, 15) is 0 Å². The van der Waals surface area contributed by atoms with Gasteiger partial charge in [0, 0.05) is 6.20 Å². The Morgan fingerprint density at radius 2 is 2.27 bits per heavy atom. The van der Waals surface area contributed by atoms with Crippen molar-refractivity contribution in [2.24, 2.45) is 5.92 Å². The highest BCUT2D eigenvalue weighted by atomic mass is 127. The third kappa shape index (κ3) is 2.57. The molecule has 1 aromatic heterocycles. The van der Waals surface area contributed by atoms with Crippen LogP contribution >= 0.6 is 38.5 Å². The average Bonchev–Trinajstić information content (AvgIpc) is 2.59. The van der Waals surface area contributed by atoms with Gasteiger partial charge in [-0.3, -0.25) is 4.68 Å². The fraction of sp³-hybridized carbons (Fsp3) is 0.727. The summed E-state index contributed by atoms with van der Waals surface area (Å²) in [4.78, 5) is 0. The largest absolute Gasteiger partial charge is 0.267 e. The van der Waals surface area contributed by atoms with E-state index in [0.717, 1.165) is 14.1 Å². The minimum atomic E-state index is 0.628. The lowest BCUT2D eigenvalue weighted by atomic mass is 9.83. The summed E-state index contributed by atoms with van der Waals surface area (Å²) in [6, 6.07) is 0.628. The Balaban J connectivity index is 2.20. The summed E-state index contributed by atoms with van der Waals surface area (Å²) in [6.45, 7) is 2.30. The van der Waals surface area contributed by atoms with Crippen molar-refractivity contribution in [3.05, 3.63) is 14.4 Å². The molecule has 15 heavy (non-hydrogen) atoms. The summed E-state index contributed by atoms with van der Waals surface area (Å²) in [5, 5.41) is 4.59. The molecule has 0 saturated heterocycles. The highest BCUT2D eigenvalue weighted by molar-refractivity contribution is 14.1. The van der Waals surface area contributed by atoms with Crippen molar-refractivity contribution < 1.29 is 0 Å². The van der Waals surface area contributed by atoms with Gasteiger partial charge in [-0.05, 0) is 57.3 Å². The maximum atomic E-state index is 4.59. The van der Waals surface area contributed by atoms with E-state index < -0.39 is 0 Å². The molecule has 1 saturated carbocycles. The van der Waals surface area contributed by atoms with E-state index in [4.69, 9.17) is 0 Å². The van der Waals surface area contributed by atoms with E-state index in [0.29, 0.717) is 6.04 Å². The van der Waals surface area contributed by atoms with Crippen LogP contribution in [0, 0.1) is 9.62 Å². The van der Waals surface area contributed by atoms with E-state index in [1.807, 2.05) is 0 Å². The number of nitrogens with zero attached hydrogens (tertiary/aromatic N) is 2. The van der Waals surface area contributed by atoms with Crippen molar-refractivity contribution in [1.29, 1.82) is 0 Å². The fourth-order valence-electron chi connectivity index (χ4n) is 2.53. The fourth-order valence-corrected chi connectivity index (χ4v) is 3.21. The zero-order chi connectivity index (χ0) is 10.8. The van der Waals surface area contributed by atoms with Gasteiger partial charge >= 0.3 is 0 Å². The summed E-state index contributed by atoms with van der Waals surface area (Å²) < 4.78 is 4.38. The molecule has 0 radical (unpaired) electrons. The number of halogens is 2. The van der Waals surface area contributed by atoms with Crippen molar-refractivity contribution in [3.8, 4) is 0 Å². The minimum absolute atomic E-state index is 0.628. The Morgan fingerprint density at radius 3 is 2.87 bits per heavy atom. The Morgan fingerprint density at radius 1 is 1.53 bits per heavy atom. The first-order valence-corrected chi connectivity index (χ1v) is 7.49. The average molecular weight is 383 g/mol. The molecule has 2 unspecified atom stereocenters. The first kappa shape index (κ1) is 11.9. The maximum Gasteiger partial charge on any atom is 0.137 e. The topological polar surface area (TPSA) is 17.8 Å². The molecule has 0 aromatic carbocycles. The predicted molar refractivity (Wildman–Crippen MR) is 73.9 cm³/mol. The first-order chi connectivity index (χ1) is 7.22. The minimum Gasteiger partial charge on any atom is -0.267 e. The summed E-state index contributed by atoms with van der Waals surface area (Å²) in [5.41, 5.74) is 0. The third-order valence-corrected chi connectivity index (χ3v) is 5.50. The quantitative estimate of drug-likeness (QED) is 0.693. The molecule has 1 heterocycles. The van der Waals surface area contributed by atoms with Crippen molar-refractivity contribution in [1.82, 2.24) is 9.78 Å². The van der Waals surface area contributed by atoms with Gasteiger partial charge < -0.3 is 0 Å². The van der Waals surface area contributed by atoms with Crippen LogP contribution < -0.4 is 0 Å². The summed E-state index contributed by atoms with van der Waals surface area (Å²) in [7, 11) is 0. The number of rotatable bonds is 2. The van der Waals surface area contributed by atoms with Gasteiger partial charge in [-0.15, -0.1) is 0 Å². The maximum absolute atomic E-state index is 4.59. The second kappa shape index (κ2) is 5.17. The molecule has 84 valence electrons. The van der Waals surface area contributed by atoms with Gasteiger partial charge in [-0.1, -0.05) is 26.2 Å². The second-order valence-electron chi connectivity index (χ2n) is 4.27. The molecule has 1 aromatic rings. The number of aromatic nitrogens is 2. The second-order valence-corrected chi connectivity index (χ2v) is 6.14. The zero-order valence-electron chi connectivity index (χ0n) is 8.92. The zero-order valence-corrected chi connectivity index (χ0v) is 12.7. The SMILES string of the molecule is CCC1CCCCC1n1cc(Br)c(I)n1. The van der Waals surface area contributed by atoms with E-state index in [1.54, 1.807) is 0 Å². The molecule has 0 spiro atoms. The Hall–Kier alpha value is 0.420. The van der Waals surface area contributed by atoms with Crippen molar-refractivity contribution >= 4 is 38.5 Å². The highest BCUT2D eigenvalue weighted by Crippen LogP contribution is 2.36. The summed E-state index contributed by atoms with van der Waals surface area (Å²) in [6.07, 6.45) is 8.83. The van der Waals surface area contributed by atoms with Crippen LogP contribution in [0.4, 0.5) is 0 Å². The normalized spacial score (nSPS) is 26.9. The molecule has 1 aliphatic rings. The third-order valence-electron chi connectivity index (χ3n) is 3.38. The molecular weight excluding hydrogens is 367 g/mol. The summed E-state index contributed by atoms with van der Waals surface area (Å²) in [5.74, 6) is 0.821. The van der Waals surface area contributed by atoms with Gasteiger partial charge in [0.15, 0.2) is 0 Å². The van der Waals surface area contributed by atoms with Crippen LogP contribution in [-0.2, 0) is 0 Å². The molecule has 4 heteroatoms. The van der Waals surface area contributed by atoms with Crippen LogP contribution in [0.25, 0.3) is 0 Å². The van der Waals surface area contributed by atoms with Crippen LogP contribution in [0.1, 0.15) is 45.1 Å². The van der Waals surface area contributed by atoms with Gasteiger partial charge in [-0.2, -0.15) is 5.10 Å². The van der Waals surface area contributed by atoms with Crippen LogP contribution in [0.3, 0.4) is 0 Å². The van der Waals surface area contributed by atoms with Crippen molar-refractivity contribution in [2.75, 3.05) is 0 Å². The number of hydrogen-bond acceptors (Lipinski definition) is 1. The Kier molecular flexibility index (Phi) is 4.10. The van der Waals surface area contributed by atoms with E-state index in [-0.39, 0.29) is 0 Å². The molecular formula is C11H16BrIN2. The van der Waals surface area contributed by atoms with Crippen molar-refractivity contribution in [3.63, 3.8) is 0 Å². The monoisotopic (exact) mass is 382 g/mol. The van der Waals surface area contributed by atoms with Crippen LogP contribution in [0.2, 0.25) is 0 Å². The van der Waals surface area contributed by atoms with Crippen LogP contribution in [0.15, 0.2) is 10.7 Å². The predicted octanol–water partition coefficient (Wildman–Crippen LogP) is 4.39. The smallest absolute Gasteiger partial charge is 0.137 e. The van der Waals surface area contributed by atoms with Gasteiger partial charge in [-0.25, -0.2) is 0 Å². The molecule has 0 bridgehead atoms. The molecule has 0 N–H and O–H groups in total. The van der Waals surface area contributed by atoms with E-state index in [1.165, 1.54) is 32.1 Å². The van der Waals surface area contributed by atoms with Crippen LogP contribution in [0.5, 0.6) is 0 Å². The molecule has 1 fully saturated rings. The first-order valence-electron chi connectivity index (χ1n) is 5.62. The van der Waals surface area contributed by atoms with E-state index >= 15 is 0 Å². The van der Waals surface area contributed by atoms with E-state index in [2.05, 4.69) is 61.4 Å². The highest BCUT2D eigenvalue weighted by Gasteiger charge is 2.26. The van der Waals surface area contributed by atoms with Gasteiger partial charge in [0.2, 0.25) is 0 Å². The lowest BCUT2D eigenvalue weighted by Gasteiger charge is -2.30. The standard InChI is InChI=1S/C11H16BrIN2/c1-2-8-5-3-4-6-10(8)15-7-9(12)11(13)14-15/h7-8,10H,2-6H2,1H3. The molecule has 1 aliphatic carbocycles. The van der Waals surface area contributed by atoms with Crippen molar-refractivity contribution in [2.45, 2.75) is 45.1 Å². The molecule has 2 atom stereocenters. The number of hydrogen-bond donors (Lipinski definition) is 0. The molecule has 2 nitrogen and oxygen atoms in total. The molecule has 2 rings (SSSR count). The summed E-state index contributed by atoms with van der Waals surface area (Å²) >= 11 is 5.82. The van der Waals surface area contributed by atoms with Gasteiger partial charge in [0.1, 0.15) is 3.70 Å². The lowest BCUT2D eigenvalue weighted by molar-refractivity contribution is 0.217. The Labute approximate surface area is 113 Å². The molecule has 0 aliphatic heterocycles. The van der Waals surface area contributed by atoms with Gasteiger partial charge in [0.05, 0.1) is 10.5 Å². The lowest BCUT2D eigenvalue weighted by Crippen LogP contribution is -2.23. The van der Waals surface area contributed by atoms with Gasteiger partial charge in [0.25, 0.3) is 0 Å². The Bertz CT molecular complexity index is 318. The molecule has 0 amide bonds.